The number of amides is 2. The van der Waals surface area contributed by atoms with Crippen molar-refractivity contribution >= 4 is 70.0 Å². The van der Waals surface area contributed by atoms with Crippen LogP contribution in [0.25, 0.3) is 5.69 Å². The number of hydrogen-bond acceptors (Lipinski definition) is 5. The molecule has 0 spiro atoms. The van der Waals surface area contributed by atoms with Crippen LogP contribution < -0.4 is 0 Å². The van der Waals surface area contributed by atoms with Gasteiger partial charge < -0.3 is 9.80 Å². The van der Waals surface area contributed by atoms with Gasteiger partial charge in [-0.1, -0.05) is 88.5 Å². The molecule has 1 aromatic heterocycles. The molecule has 1 unspecified atom stereocenters. The second kappa shape index (κ2) is 15.0. The molecule has 44 heavy (non-hydrogen) atoms. The van der Waals surface area contributed by atoms with E-state index in [0.29, 0.717) is 58.1 Å². The zero-order valence-electron chi connectivity index (χ0n) is 24.1. The Balaban J connectivity index is 1.13. The lowest BCUT2D eigenvalue weighted by atomic mass is 10.1. The van der Waals surface area contributed by atoms with Crippen molar-refractivity contribution in [2.24, 2.45) is 0 Å². The highest BCUT2D eigenvalue weighted by atomic mass is 35.5. The maximum atomic E-state index is 13.0. The zero-order valence-corrected chi connectivity index (χ0v) is 27.9. The number of hydrogen-bond donors (Lipinski definition) is 0. The smallest absolute Gasteiger partial charge is 0.254 e. The highest BCUT2D eigenvalue weighted by molar-refractivity contribution is 7.99. The van der Waals surface area contributed by atoms with Crippen LogP contribution in [0, 0.1) is 0 Å². The minimum atomic E-state index is -0.110. The van der Waals surface area contributed by atoms with Crippen LogP contribution in [0.1, 0.15) is 47.9 Å². The van der Waals surface area contributed by atoms with Crippen LogP contribution in [0.3, 0.4) is 0 Å². The lowest BCUT2D eigenvalue weighted by Gasteiger charge is -2.40. The number of benzene rings is 3. The molecule has 4 aromatic rings. The van der Waals surface area contributed by atoms with Gasteiger partial charge in [-0.3, -0.25) is 14.2 Å². The molecule has 7 nitrogen and oxygen atoms in total. The summed E-state index contributed by atoms with van der Waals surface area (Å²) in [4.78, 5) is 29.7. The summed E-state index contributed by atoms with van der Waals surface area (Å²) >= 11 is 26.2. The van der Waals surface area contributed by atoms with Crippen LogP contribution in [0.4, 0.5) is 0 Å². The predicted octanol–water partition coefficient (Wildman–Crippen LogP) is 8.11. The van der Waals surface area contributed by atoms with Gasteiger partial charge in [0.2, 0.25) is 5.91 Å². The lowest BCUT2D eigenvalue weighted by molar-refractivity contribution is -0.133. The van der Waals surface area contributed by atoms with Crippen LogP contribution in [0.2, 0.25) is 20.1 Å². The molecular weight excluding hydrogens is 660 g/mol. The molecule has 0 radical (unpaired) electrons. The number of piperazine rings is 1. The van der Waals surface area contributed by atoms with Gasteiger partial charge in [0.05, 0.1) is 25.8 Å². The van der Waals surface area contributed by atoms with Gasteiger partial charge in [0.25, 0.3) is 5.91 Å². The zero-order chi connectivity index (χ0) is 31.2. The van der Waals surface area contributed by atoms with E-state index < -0.39 is 0 Å². The molecule has 1 aliphatic rings. The molecule has 0 bridgehead atoms. The van der Waals surface area contributed by atoms with Crippen molar-refractivity contribution in [1.29, 1.82) is 0 Å². The van der Waals surface area contributed by atoms with Crippen molar-refractivity contribution < 1.29 is 9.59 Å². The summed E-state index contributed by atoms with van der Waals surface area (Å²) < 4.78 is 2.02. The average molecular weight is 692 g/mol. The van der Waals surface area contributed by atoms with Crippen molar-refractivity contribution in [3.05, 3.63) is 104 Å². The number of carbonyl (C=O) groups excluding carboxylic acids is 2. The van der Waals surface area contributed by atoms with Crippen molar-refractivity contribution in [3.8, 4) is 5.69 Å². The van der Waals surface area contributed by atoms with Crippen LogP contribution >= 0.6 is 58.2 Å². The van der Waals surface area contributed by atoms with E-state index in [0.717, 1.165) is 40.8 Å². The number of rotatable bonds is 10. The number of unbranched alkanes of at least 4 members (excludes halogenated alkanes) is 1. The number of aromatic nitrogens is 3. The SMILES string of the molecule is CC1CN(C(=O)CCCCSc2nnc(Cc3ccccc3)n2-c2ccc(Cl)c(Cl)c2)CCN1C(=O)c1ccc(Cl)c(Cl)c1. The fourth-order valence-corrected chi connectivity index (χ4v) is 6.71. The van der Waals surface area contributed by atoms with Crippen molar-refractivity contribution in [2.45, 2.75) is 43.8 Å². The van der Waals surface area contributed by atoms with Gasteiger partial charge in [-0.2, -0.15) is 0 Å². The van der Waals surface area contributed by atoms with E-state index >= 15 is 0 Å². The molecule has 12 heteroatoms. The standard InChI is InChI=1S/C32H31Cl4N5O2S/c1-21-20-39(14-15-40(21)31(43)23-10-12-25(33)27(35)18-23)30(42)9-5-6-16-44-32-38-37-29(17-22-7-3-2-4-8-22)41(32)24-11-13-26(34)28(36)19-24/h2-4,7-8,10-13,18-19,21H,5-6,9,14-17,20H2,1H3. The Hall–Kier alpha value is -2.75. The lowest BCUT2D eigenvalue weighted by Crippen LogP contribution is -2.55. The van der Waals surface area contributed by atoms with Crippen molar-refractivity contribution in [2.75, 3.05) is 25.4 Å². The van der Waals surface area contributed by atoms with Gasteiger partial charge in [0.1, 0.15) is 5.82 Å². The maximum absolute atomic E-state index is 13.0. The fourth-order valence-electron chi connectivity index (χ4n) is 5.15. The van der Waals surface area contributed by atoms with E-state index in [-0.39, 0.29) is 17.9 Å². The van der Waals surface area contributed by atoms with Crippen LogP contribution in [-0.4, -0.2) is 67.8 Å². The minimum absolute atomic E-state index is 0.104. The number of nitrogens with zero attached hydrogens (tertiary/aromatic N) is 5. The quantitative estimate of drug-likeness (QED) is 0.124. The Morgan fingerprint density at radius 3 is 2.30 bits per heavy atom. The summed E-state index contributed by atoms with van der Waals surface area (Å²) in [5, 5.41) is 11.5. The molecule has 1 saturated heterocycles. The number of halogens is 4. The first-order chi connectivity index (χ1) is 21.2. The molecule has 230 valence electrons. The second-order valence-electron chi connectivity index (χ2n) is 10.6. The van der Waals surface area contributed by atoms with Gasteiger partial charge >= 0.3 is 0 Å². The van der Waals surface area contributed by atoms with E-state index in [4.69, 9.17) is 46.4 Å². The summed E-state index contributed by atoms with van der Waals surface area (Å²) in [6.07, 6.45) is 2.66. The summed E-state index contributed by atoms with van der Waals surface area (Å²) in [7, 11) is 0. The Morgan fingerprint density at radius 2 is 1.59 bits per heavy atom. The Kier molecular flexibility index (Phi) is 11.1. The molecule has 1 fully saturated rings. The fraction of sp³-hybridized carbons (Fsp3) is 0.312. The maximum Gasteiger partial charge on any atom is 0.254 e. The van der Waals surface area contributed by atoms with Crippen LogP contribution in [0.5, 0.6) is 0 Å². The first-order valence-corrected chi connectivity index (χ1v) is 16.8. The first-order valence-electron chi connectivity index (χ1n) is 14.3. The molecule has 1 atom stereocenters. The summed E-state index contributed by atoms with van der Waals surface area (Å²) in [6, 6.07) is 20.4. The van der Waals surface area contributed by atoms with Gasteiger partial charge in [-0.05, 0) is 61.7 Å². The van der Waals surface area contributed by atoms with E-state index in [2.05, 4.69) is 22.3 Å². The van der Waals surface area contributed by atoms with E-state index in [1.165, 1.54) is 0 Å². The highest BCUT2D eigenvalue weighted by Crippen LogP contribution is 2.30. The summed E-state index contributed by atoms with van der Waals surface area (Å²) in [5.74, 6) is 1.58. The molecule has 5 rings (SSSR count). The molecule has 0 aliphatic carbocycles. The average Bonchev–Trinajstić information content (AvgIpc) is 3.41. The third-order valence-electron chi connectivity index (χ3n) is 7.49. The Bertz CT molecular complexity index is 1630. The summed E-state index contributed by atoms with van der Waals surface area (Å²) in [6.45, 7) is 3.43. The third kappa shape index (κ3) is 7.90. The van der Waals surface area contributed by atoms with Gasteiger partial charge in [-0.25, -0.2) is 0 Å². The van der Waals surface area contributed by atoms with Gasteiger partial charge in [0, 0.05) is 49.8 Å². The largest absolute Gasteiger partial charge is 0.339 e. The topological polar surface area (TPSA) is 71.3 Å². The first kappa shape index (κ1) is 32.6. The molecule has 3 aromatic carbocycles. The van der Waals surface area contributed by atoms with E-state index in [1.54, 1.807) is 40.9 Å². The van der Waals surface area contributed by atoms with Crippen LogP contribution in [-0.2, 0) is 11.2 Å². The minimum Gasteiger partial charge on any atom is -0.339 e. The Labute approximate surface area is 281 Å². The summed E-state index contributed by atoms with van der Waals surface area (Å²) in [5.41, 5.74) is 2.47. The van der Waals surface area contributed by atoms with Gasteiger partial charge in [-0.15, -0.1) is 10.2 Å². The molecule has 2 heterocycles. The molecule has 2 amide bonds. The monoisotopic (exact) mass is 689 g/mol. The number of carbonyl (C=O) groups is 2. The molecule has 1 aliphatic heterocycles. The van der Waals surface area contributed by atoms with Crippen molar-refractivity contribution in [3.63, 3.8) is 0 Å². The molecule has 0 saturated carbocycles. The number of thioether (sulfide) groups is 1. The molecular formula is C32H31Cl4N5O2S. The normalized spacial score (nSPS) is 15.1. The second-order valence-corrected chi connectivity index (χ2v) is 13.3. The molecule has 0 N–H and O–H groups in total. The third-order valence-corrected chi connectivity index (χ3v) is 9.98. The Morgan fingerprint density at radius 1 is 0.864 bits per heavy atom. The van der Waals surface area contributed by atoms with Crippen LogP contribution in [0.15, 0.2) is 71.9 Å². The van der Waals surface area contributed by atoms with Crippen molar-refractivity contribution in [1.82, 2.24) is 24.6 Å². The van der Waals surface area contributed by atoms with E-state index in [1.807, 2.05) is 46.7 Å². The highest BCUT2D eigenvalue weighted by Gasteiger charge is 2.30. The van der Waals surface area contributed by atoms with Gasteiger partial charge in [0.15, 0.2) is 5.16 Å². The van der Waals surface area contributed by atoms with E-state index in [9.17, 15) is 9.59 Å². The predicted molar refractivity (Wildman–Crippen MR) is 179 cm³/mol.